The highest BCUT2D eigenvalue weighted by Gasteiger charge is 2.17. The maximum Gasteiger partial charge on any atom is 0.288 e. The molecule has 0 bridgehead atoms. The fourth-order valence-corrected chi connectivity index (χ4v) is 2.61. The summed E-state index contributed by atoms with van der Waals surface area (Å²) in [5.74, 6) is -0.0932. The van der Waals surface area contributed by atoms with Gasteiger partial charge in [-0.3, -0.25) is 14.9 Å². The van der Waals surface area contributed by atoms with Crippen molar-refractivity contribution in [1.82, 2.24) is 10.3 Å². The van der Waals surface area contributed by atoms with Crippen LogP contribution in [0, 0.1) is 17.0 Å². The highest BCUT2D eigenvalue weighted by Crippen LogP contribution is 2.19. The Bertz CT molecular complexity index is 684. The maximum absolute atomic E-state index is 12.2. The van der Waals surface area contributed by atoms with Gasteiger partial charge in [-0.1, -0.05) is 0 Å². The monoisotopic (exact) mass is 306 g/mol. The molecule has 0 aromatic carbocycles. The van der Waals surface area contributed by atoms with Crippen molar-refractivity contribution in [3.63, 3.8) is 0 Å². The molecule has 1 amide bonds. The number of hydrogen-bond acceptors (Lipinski definition) is 6. The van der Waals surface area contributed by atoms with E-state index in [-0.39, 0.29) is 11.3 Å². The van der Waals surface area contributed by atoms with Crippen LogP contribution in [-0.2, 0) is 6.54 Å². The van der Waals surface area contributed by atoms with E-state index in [0.717, 1.165) is 16.6 Å². The minimum Gasteiger partial charge on any atom is -0.372 e. The zero-order chi connectivity index (χ0) is 15.4. The number of nitro groups is 1. The van der Waals surface area contributed by atoms with Gasteiger partial charge in [0, 0.05) is 18.0 Å². The third-order valence-electron chi connectivity index (χ3n) is 2.94. The van der Waals surface area contributed by atoms with Crippen molar-refractivity contribution < 1.29 is 9.72 Å². The lowest BCUT2D eigenvalue weighted by atomic mass is 10.2. The van der Waals surface area contributed by atoms with Gasteiger partial charge in [0.25, 0.3) is 11.6 Å². The average molecular weight is 306 g/mol. The second-order valence-electron chi connectivity index (χ2n) is 4.31. The smallest absolute Gasteiger partial charge is 0.288 e. The van der Waals surface area contributed by atoms with E-state index < -0.39 is 10.8 Å². The van der Waals surface area contributed by atoms with Gasteiger partial charge in [-0.05, 0) is 23.9 Å². The molecule has 0 atom stereocenters. The van der Waals surface area contributed by atoms with Gasteiger partial charge in [0.05, 0.1) is 17.0 Å². The summed E-state index contributed by atoms with van der Waals surface area (Å²) in [7, 11) is 1.61. The fraction of sp³-hybridized carbons (Fsp3) is 0.231. The molecule has 110 valence electrons. The quantitative estimate of drug-likeness (QED) is 0.652. The zero-order valence-electron chi connectivity index (χ0n) is 11.5. The summed E-state index contributed by atoms with van der Waals surface area (Å²) >= 11 is 1.55. The molecule has 0 spiro atoms. The normalized spacial score (nSPS) is 10.2. The summed E-state index contributed by atoms with van der Waals surface area (Å²) in [6.07, 6.45) is 1.12. The maximum atomic E-state index is 12.2. The van der Waals surface area contributed by atoms with E-state index in [2.05, 4.69) is 15.6 Å². The number of aromatic nitrogens is 1. The van der Waals surface area contributed by atoms with Crippen LogP contribution in [0.15, 0.2) is 23.7 Å². The van der Waals surface area contributed by atoms with Crippen LogP contribution in [0.25, 0.3) is 0 Å². The van der Waals surface area contributed by atoms with E-state index in [1.54, 1.807) is 18.4 Å². The number of nitrogens with one attached hydrogen (secondary N) is 2. The van der Waals surface area contributed by atoms with Crippen molar-refractivity contribution in [1.29, 1.82) is 0 Å². The van der Waals surface area contributed by atoms with Crippen molar-refractivity contribution in [2.75, 3.05) is 12.4 Å². The van der Waals surface area contributed by atoms with E-state index in [1.165, 1.54) is 6.07 Å². The molecular formula is C13H14N4O3S. The zero-order valence-corrected chi connectivity index (χ0v) is 12.4. The molecule has 8 heteroatoms. The van der Waals surface area contributed by atoms with Gasteiger partial charge in [-0.15, -0.1) is 11.3 Å². The SMILES string of the molecule is CNc1ncc([N+](=O)[O-])cc1C(=O)NCc1sccc1C. The number of anilines is 1. The van der Waals surface area contributed by atoms with E-state index >= 15 is 0 Å². The third-order valence-corrected chi connectivity index (χ3v) is 3.97. The number of pyridine rings is 1. The molecule has 2 heterocycles. The van der Waals surface area contributed by atoms with Gasteiger partial charge in [0.15, 0.2) is 0 Å². The predicted molar refractivity (Wildman–Crippen MR) is 80.7 cm³/mol. The summed E-state index contributed by atoms with van der Waals surface area (Å²) in [6.45, 7) is 2.35. The summed E-state index contributed by atoms with van der Waals surface area (Å²) in [5, 5.41) is 18.2. The van der Waals surface area contributed by atoms with Crippen molar-refractivity contribution in [2.45, 2.75) is 13.5 Å². The number of carbonyl (C=O) groups is 1. The van der Waals surface area contributed by atoms with Gasteiger partial charge >= 0.3 is 0 Å². The average Bonchev–Trinajstić information content (AvgIpc) is 2.89. The van der Waals surface area contributed by atoms with Crippen molar-refractivity contribution in [2.24, 2.45) is 0 Å². The molecule has 2 rings (SSSR count). The number of amides is 1. The molecule has 0 aliphatic carbocycles. The van der Waals surface area contributed by atoms with Crippen LogP contribution in [0.4, 0.5) is 11.5 Å². The first kappa shape index (κ1) is 14.9. The molecule has 0 aliphatic heterocycles. The molecule has 0 saturated carbocycles. The van der Waals surface area contributed by atoms with Crippen LogP contribution in [0.2, 0.25) is 0 Å². The summed E-state index contributed by atoms with van der Waals surface area (Å²) in [5.41, 5.74) is 1.04. The van der Waals surface area contributed by atoms with Crippen molar-refractivity contribution >= 4 is 28.7 Å². The van der Waals surface area contributed by atoms with E-state index in [9.17, 15) is 14.9 Å². The Hall–Kier alpha value is -2.48. The minimum absolute atomic E-state index is 0.154. The topological polar surface area (TPSA) is 97.2 Å². The summed E-state index contributed by atoms with van der Waals surface area (Å²) in [6, 6.07) is 3.19. The number of rotatable bonds is 5. The molecule has 7 nitrogen and oxygen atoms in total. The Kier molecular flexibility index (Phi) is 4.49. The van der Waals surface area contributed by atoms with Crippen LogP contribution in [0.5, 0.6) is 0 Å². The van der Waals surface area contributed by atoms with Gasteiger partial charge < -0.3 is 10.6 Å². The van der Waals surface area contributed by atoms with E-state index in [1.807, 2.05) is 18.4 Å². The number of aryl methyl sites for hydroxylation is 1. The molecule has 2 aromatic heterocycles. The lowest BCUT2D eigenvalue weighted by Gasteiger charge is -2.08. The van der Waals surface area contributed by atoms with Gasteiger partial charge in [0.1, 0.15) is 12.0 Å². The van der Waals surface area contributed by atoms with E-state index in [4.69, 9.17) is 0 Å². The molecule has 0 radical (unpaired) electrons. The molecule has 0 fully saturated rings. The molecule has 0 aliphatic rings. The molecule has 0 unspecified atom stereocenters. The van der Waals surface area contributed by atoms with Gasteiger partial charge in [-0.2, -0.15) is 0 Å². The van der Waals surface area contributed by atoms with Gasteiger partial charge in [0.2, 0.25) is 0 Å². The first-order chi connectivity index (χ1) is 10.0. The molecule has 2 N–H and O–H groups in total. The Balaban J connectivity index is 2.19. The third kappa shape index (κ3) is 3.34. The standard InChI is InChI=1S/C13H14N4O3S/c1-8-3-4-21-11(8)7-16-13(18)10-5-9(17(19)20)6-15-12(10)14-2/h3-6H,7H2,1-2H3,(H,14,15)(H,16,18). The Labute approximate surface area is 125 Å². The highest BCUT2D eigenvalue weighted by molar-refractivity contribution is 7.10. The number of hydrogen-bond donors (Lipinski definition) is 2. The summed E-state index contributed by atoms with van der Waals surface area (Å²) in [4.78, 5) is 27.3. The molecule has 2 aromatic rings. The van der Waals surface area contributed by atoms with E-state index in [0.29, 0.717) is 12.4 Å². The Morgan fingerprint density at radius 1 is 1.52 bits per heavy atom. The second kappa shape index (κ2) is 6.31. The van der Waals surface area contributed by atoms with Crippen LogP contribution >= 0.6 is 11.3 Å². The first-order valence-electron chi connectivity index (χ1n) is 6.16. The molecular weight excluding hydrogens is 292 g/mol. The van der Waals surface area contributed by atoms with Crippen LogP contribution in [0.1, 0.15) is 20.8 Å². The second-order valence-corrected chi connectivity index (χ2v) is 5.31. The van der Waals surface area contributed by atoms with Crippen molar-refractivity contribution in [3.8, 4) is 0 Å². The highest BCUT2D eigenvalue weighted by atomic mass is 32.1. The van der Waals surface area contributed by atoms with Crippen molar-refractivity contribution in [3.05, 3.63) is 49.8 Å². The number of nitrogens with zero attached hydrogens (tertiary/aromatic N) is 2. The lowest BCUT2D eigenvalue weighted by molar-refractivity contribution is -0.385. The fourth-order valence-electron chi connectivity index (χ4n) is 1.77. The van der Waals surface area contributed by atoms with Crippen LogP contribution in [-0.4, -0.2) is 22.9 Å². The first-order valence-corrected chi connectivity index (χ1v) is 7.04. The van der Waals surface area contributed by atoms with Crippen LogP contribution in [0.3, 0.4) is 0 Å². The number of thiophene rings is 1. The molecule has 0 saturated heterocycles. The van der Waals surface area contributed by atoms with Gasteiger partial charge in [-0.25, -0.2) is 4.98 Å². The Morgan fingerprint density at radius 2 is 2.29 bits per heavy atom. The number of carbonyl (C=O) groups excluding carboxylic acids is 1. The summed E-state index contributed by atoms with van der Waals surface area (Å²) < 4.78 is 0. The minimum atomic E-state index is -0.577. The Morgan fingerprint density at radius 3 is 2.86 bits per heavy atom. The largest absolute Gasteiger partial charge is 0.372 e. The van der Waals surface area contributed by atoms with Crippen LogP contribution < -0.4 is 10.6 Å². The predicted octanol–water partition coefficient (Wildman–Crippen LogP) is 2.33. The lowest BCUT2D eigenvalue weighted by Crippen LogP contribution is -2.24. The molecule has 21 heavy (non-hydrogen) atoms.